The lowest BCUT2D eigenvalue weighted by atomic mass is 9.43. The maximum absolute atomic E-state index is 11.6. The van der Waals surface area contributed by atoms with Gasteiger partial charge in [0.15, 0.2) is 0 Å². The molecule has 4 aliphatic rings. The highest BCUT2D eigenvalue weighted by Crippen LogP contribution is 2.68. The van der Waals surface area contributed by atoms with E-state index in [9.17, 15) is 10.2 Å². The van der Waals surface area contributed by atoms with Gasteiger partial charge in [0.25, 0.3) is 0 Å². The summed E-state index contributed by atoms with van der Waals surface area (Å²) in [6, 6.07) is 0. The molecule has 0 saturated heterocycles. The van der Waals surface area contributed by atoms with Gasteiger partial charge in [0.2, 0.25) is 0 Å². The molecule has 4 fully saturated rings. The number of aliphatic hydroxyl groups excluding tert-OH is 2. The van der Waals surface area contributed by atoms with Crippen molar-refractivity contribution in [1.82, 2.24) is 0 Å². The van der Waals surface area contributed by atoms with Crippen LogP contribution in [0, 0.1) is 52.3 Å². The van der Waals surface area contributed by atoms with E-state index in [1.165, 1.54) is 44.9 Å². The molecular weight excluding hydrogens is 344 g/mol. The van der Waals surface area contributed by atoms with Crippen LogP contribution in [-0.2, 0) is 0 Å². The Balaban J connectivity index is 1.55. The minimum atomic E-state index is -0.129. The Labute approximate surface area is 173 Å². The van der Waals surface area contributed by atoms with Crippen LogP contribution >= 0.6 is 0 Å². The molecule has 0 aromatic heterocycles. The molecular formula is C26H46O2. The fraction of sp³-hybridized carbons (Fsp3) is 1.00. The highest BCUT2D eigenvalue weighted by molar-refractivity contribution is 5.12. The van der Waals surface area contributed by atoms with Crippen LogP contribution in [0.3, 0.4) is 0 Å². The fourth-order valence-corrected chi connectivity index (χ4v) is 8.96. The number of aliphatic hydroxyl groups is 2. The van der Waals surface area contributed by atoms with Crippen LogP contribution in [0.4, 0.5) is 0 Å². The summed E-state index contributed by atoms with van der Waals surface area (Å²) in [7, 11) is 0. The van der Waals surface area contributed by atoms with Gasteiger partial charge in [0.05, 0.1) is 12.2 Å². The molecule has 2 nitrogen and oxygen atoms in total. The smallest absolute Gasteiger partial charge is 0.0602 e. The summed E-state index contributed by atoms with van der Waals surface area (Å²) < 4.78 is 0. The first-order valence-electron chi connectivity index (χ1n) is 12.5. The number of hydrogen-bond acceptors (Lipinski definition) is 2. The molecule has 0 spiro atoms. The van der Waals surface area contributed by atoms with Crippen molar-refractivity contribution in [3.8, 4) is 0 Å². The summed E-state index contributed by atoms with van der Waals surface area (Å²) in [5.41, 5.74) is 0.487. The third-order valence-electron chi connectivity index (χ3n) is 10.7. The quantitative estimate of drug-likeness (QED) is 0.613. The van der Waals surface area contributed by atoms with Crippen LogP contribution in [0.25, 0.3) is 0 Å². The highest BCUT2D eigenvalue weighted by atomic mass is 16.3. The van der Waals surface area contributed by atoms with Gasteiger partial charge in [-0.2, -0.15) is 0 Å². The number of fused-ring (bicyclic) bond motifs is 5. The van der Waals surface area contributed by atoms with Gasteiger partial charge in [-0.3, -0.25) is 0 Å². The molecule has 2 N–H and O–H groups in total. The van der Waals surface area contributed by atoms with Crippen LogP contribution in [0.5, 0.6) is 0 Å². The molecule has 0 radical (unpaired) electrons. The van der Waals surface area contributed by atoms with E-state index in [1.54, 1.807) is 0 Å². The van der Waals surface area contributed by atoms with Crippen molar-refractivity contribution in [2.45, 2.75) is 111 Å². The van der Waals surface area contributed by atoms with Crippen molar-refractivity contribution in [2.75, 3.05) is 0 Å². The van der Waals surface area contributed by atoms with Gasteiger partial charge in [0.1, 0.15) is 0 Å². The molecule has 0 aromatic carbocycles. The van der Waals surface area contributed by atoms with Gasteiger partial charge in [-0.25, -0.2) is 0 Å². The van der Waals surface area contributed by atoms with Crippen LogP contribution in [0.15, 0.2) is 0 Å². The van der Waals surface area contributed by atoms with Crippen molar-refractivity contribution in [3.63, 3.8) is 0 Å². The maximum atomic E-state index is 11.6. The maximum Gasteiger partial charge on any atom is 0.0602 e. The summed E-state index contributed by atoms with van der Waals surface area (Å²) in [4.78, 5) is 0. The van der Waals surface area contributed by atoms with Crippen LogP contribution in [0.1, 0.15) is 98.8 Å². The van der Waals surface area contributed by atoms with E-state index in [4.69, 9.17) is 0 Å². The molecule has 28 heavy (non-hydrogen) atoms. The number of hydrogen-bond donors (Lipinski definition) is 2. The van der Waals surface area contributed by atoms with Crippen LogP contribution < -0.4 is 0 Å². The van der Waals surface area contributed by atoms with E-state index in [1.807, 2.05) is 0 Å². The zero-order valence-electron chi connectivity index (χ0n) is 19.2. The molecule has 0 bridgehead atoms. The normalized spacial score (nSPS) is 52.1. The second-order valence-corrected chi connectivity index (χ2v) is 12.3. The van der Waals surface area contributed by atoms with Gasteiger partial charge in [0, 0.05) is 0 Å². The topological polar surface area (TPSA) is 40.5 Å². The second-order valence-electron chi connectivity index (χ2n) is 12.3. The Kier molecular flexibility index (Phi) is 5.71. The Morgan fingerprint density at radius 1 is 0.857 bits per heavy atom. The van der Waals surface area contributed by atoms with Gasteiger partial charge in [-0.1, -0.05) is 47.5 Å². The molecule has 162 valence electrons. The zero-order valence-corrected chi connectivity index (χ0v) is 19.2. The molecule has 0 heterocycles. The summed E-state index contributed by atoms with van der Waals surface area (Å²) >= 11 is 0. The third-order valence-corrected chi connectivity index (χ3v) is 10.7. The monoisotopic (exact) mass is 390 g/mol. The summed E-state index contributed by atoms with van der Waals surface area (Å²) in [6.45, 7) is 12.1. The van der Waals surface area contributed by atoms with Gasteiger partial charge in [-0.05, 0) is 104 Å². The van der Waals surface area contributed by atoms with E-state index in [-0.39, 0.29) is 17.6 Å². The second kappa shape index (κ2) is 7.56. The van der Waals surface area contributed by atoms with E-state index in [0.29, 0.717) is 23.2 Å². The SMILES string of the molecule is CC(C)CCC(C)C1CC[C@H]2C3CCC4C[C@H](O)CCC4(C)[C@H]3C[C@H](O)C12C. The largest absolute Gasteiger partial charge is 0.393 e. The fourth-order valence-electron chi connectivity index (χ4n) is 8.96. The summed E-state index contributed by atoms with van der Waals surface area (Å²) in [5, 5.41) is 21.8. The predicted octanol–water partition coefficient (Wildman–Crippen LogP) is 6.05. The first kappa shape index (κ1) is 21.2. The van der Waals surface area contributed by atoms with E-state index in [0.717, 1.165) is 42.9 Å². The molecule has 2 heteroatoms. The van der Waals surface area contributed by atoms with Gasteiger partial charge >= 0.3 is 0 Å². The first-order chi connectivity index (χ1) is 13.2. The Morgan fingerprint density at radius 2 is 1.61 bits per heavy atom. The highest BCUT2D eigenvalue weighted by Gasteiger charge is 2.63. The average molecular weight is 391 g/mol. The van der Waals surface area contributed by atoms with Crippen molar-refractivity contribution < 1.29 is 10.2 Å². The third kappa shape index (κ3) is 3.20. The lowest BCUT2D eigenvalue weighted by Crippen LogP contribution is -2.58. The van der Waals surface area contributed by atoms with Crippen LogP contribution in [-0.4, -0.2) is 22.4 Å². The van der Waals surface area contributed by atoms with Crippen molar-refractivity contribution in [1.29, 1.82) is 0 Å². The lowest BCUT2D eigenvalue weighted by molar-refractivity contribution is -0.175. The molecule has 0 aliphatic heterocycles. The molecule has 0 amide bonds. The van der Waals surface area contributed by atoms with Crippen LogP contribution in [0.2, 0.25) is 0 Å². The predicted molar refractivity (Wildman–Crippen MR) is 116 cm³/mol. The molecule has 4 rings (SSSR count). The van der Waals surface area contributed by atoms with Crippen molar-refractivity contribution in [2.24, 2.45) is 52.3 Å². The molecule has 0 aromatic rings. The summed E-state index contributed by atoms with van der Waals surface area (Å²) in [5.74, 6) is 5.11. The Bertz CT molecular complexity index is 559. The van der Waals surface area contributed by atoms with E-state index >= 15 is 0 Å². The summed E-state index contributed by atoms with van der Waals surface area (Å²) in [6.07, 6.45) is 11.9. The van der Waals surface area contributed by atoms with Gasteiger partial charge in [-0.15, -0.1) is 0 Å². The minimum Gasteiger partial charge on any atom is -0.393 e. The molecule has 4 aliphatic carbocycles. The van der Waals surface area contributed by atoms with Gasteiger partial charge < -0.3 is 10.2 Å². The van der Waals surface area contributed by atoms with E-state index in [2.05, 4.69) is 34.6 Å². The lowest BCUT2D eigenvalue weighted by Gasteiger charge is -2.62. The Hall–Kier alpha value is -0.0800. The minimum absolute atomic E-state index is 0.0777. The first-order valence-corrected chi connectivity index (χ1v) is 12.5. The molecule has 10 atom stereocenters. The molecule has 4 saturated carbocycles. The Morgan fingerprint density at radius 3 is 2.32 bits per heavy atom. The van der Waals surface area contributed by atoms with Crippen molar-refractivity contribution in [3.05, 3.63) is 0 Å². The molecule has 6 unspecified atom stereocenters. The average Bonchev–Trinajstić information content (AvgIpc) is 3.00. The number of rotatable bonds is 4. The standard InChI is InChI=1S/C26H46O2/c1-16(2)6-7-17(3)21-10-11-22-20-9-8-18-14-19(27)12-13-25(18,4)23(20)15-24(28)26(21,22)5/h16-24,27-28H,6-15H2,1-5H3/t17?,18?,19-,20?,21?,22+,23+,24+,25?,26?/m1/s1. The zero-order chi connectivity index (χ0) is 20.3. The van der Waals surface area contributed by atoms with Crippen molar-refractivity contribution >= 4 is 0 Å². The van der Waals surface area contributed by atoms with E-state index < -0.39 is 0 Å².